The number of nitrogens with one attached hydrogen (secondary N) is 2. The molecule has 6 heteroatoms. The van der Waals surface area contributed by atoms with Gasteiger partial charge in [0.25, 0.3) is 0 Å². The van der Waals surface area contributed by atoms with E-state index in [0.29, 0.717) is 18.2 Å². The molecule has 1 fully saturated rings. The minimum absolute atomic E-state index is 0.370. The third kappa shape index (κ3) is 6.63. The van der Waals surface area contributed by atoms with Crippen LogP contribution in [-0.4, -0.2) is 43.9 Å². The van der Waals surface area contributed by atoms with Crippen LogP contribution in [0.5, 0.6) is 0 Å². The zero-order valence-corrected chi connectivity index (χ0v) is 15.3. The van der Waals surface area contributed by atoms with E-state index in [9.17, 15) is 4.79 Å². The zero-order chi connectivity index (χ0) is 18.3. The molecule has 0 unspecified atom stereocenters. The minimum Gasteiger partial charge on any atom is -0.444 e. The highest BCUT2D eigenvalue weighted by Crippen LogP contribution is 2.20. The lowest BCUT2D eigenvalue weighted by Crippen LogP contribution is -2.45. The SMILES string of the molecule is CC(C)(C)OC(=O)NCCNC1CCN(c2ccc(C#N)cc2)CC1. The van der Waals surface area contributed by atoms with Gasteiger partial charge in [-0.05, 0) is 57.9 Å². The Morgan fingerprint density at radius 1 is 1.24 bits per heavy atom. The maximum atomic E-state index is 11.6. The number of piperidine rings is 1. The number of carbonyl (C=O) groups is 1. The van der Waals surface area contributed by atoms with Crippen molar-refractivity contribution in [3.05, 3.63) is 29.8 Å². The Hall–Kier alpha value is -2.26. The van der Waals surface area contributed by atoms with E-state index >= 15 is 0 Å². The fourth-order valence-electron chi connectivity index (χ4n) is 2.84. The Kier molecular flexibility index (Phi) is 6.65. The van der Waals surface area contributed by atoms with Crippen LogP contribution in [0.4, 0.5) is 10.5 Å². The van der Waals surface area contributed by atoms with E-state index in [1.807, 2.05) is 45.0 Å². The molecule has 1 heterocycles. The molecule has 0 bridgehead atoms. The highest BCUT2D eigenvalue weighted by Gasteiger charge is 2.19. The predicted molar refractivity (Wildman–Crippen MR) is 98.6 cm³/mol. The molecule has 0 radical (unpaired) electrons. The second-order valence-electron chi connectivity index (χ2n) is 7.30. The average molecular weight is 344 g/mol. The maximum Gasteiger partial charge on any atom is 0.407 e. The van der Waals surface area contributed by atoms with Crippen molar-refractivity contribution in [2.24, 2.45) is 0 Å². The molecule has 0 aromatic heterocycles. The highest BCUT2D eigenvalue weighted by atomic mass is 16.6. The molecule has 1 aromatic rings. The quantitative estimate of drug-likeness (QED) is 0.803. The van der Waals surface area contributed by atoms with Gasteiger partial charge in [0.1, 0.15) is 5.60 Å². The lowest BCUT2D eigenvalue weighted by Gasteiger charge is -2.34. The van der Waals surface area contributed by atoms with Gasteiger partial charge in [-0.3, -0.25) is 0 Å². The molecule has 136 valence electrons. The number of rotatable bonds is 5. The molecule has 1 aromatic carbocycles. The van der Waals surface area contributed by atoms with Crippen LogP contribution in [0.2, 0.25) is 0 Å². The normalized spacial score (nSPS) is 15.5. The van der Waals surface area contributed by atoms with Crippen molar-refractivity contribution in [3.8, 4) is 6.07 Å². The summed E-state index contributed by atoms with van der Waals surface area (Å²) in [5.74, 6) is 0. The van der Waals surface area contributed by atoms with Crippen LogP contribution >= 0.6 is 0 Å². The predicted octanol–water partition coefficient (Wildman–Crippen LogP) is 2.64. The molecular formula is C19H28N4O2. The Morgan fingerprint density at radius 2 is 1.88 bits per heavy atom. The fraction of sp³-hybridized carbons (Fsp3) is 0.579. The van der Waals surface area contributed by atoms with E-state index in [4.69, 9.17) is 10.00 Å². The molecule has 0 atom stereocenters. The van der Waals surface area contributed by atoms with Gasteiger partial charge in [-0.2, -0.15) is 5.26 Å². The van der Waals surface area contributed by atoms with Gasteiger partial charge in [-0.25, -0.2) is 4.79 Å². The van der Waals surface area contributed by atoms with Crippen molar-refractivity contribution >= 4 is 11.8 Å². The second-order valence-corrected chi connectivity index (χ2v) is 7.30. The van der Waals surface area contributed by atoms with Crippen LogP contribution in [0, 0.1) is 11.3 Å². The molecule has 1 amide bonds. The Balaban J connectivity index is 1.64. The number of anilines is 1. The summed E-state index contributed by atoms with van der Waals surface area (Å²) < 4.78 is 5.20. The number of nitrogens with zero attached hydrogens (tertiary/aromatic N) is 2. The van der Waals surface area contributed by atoms with Gasteiger partial charge in [0.2, 0.25) is 0 Å². The first-order valence-corrected chi connectivity index (χ1v) is 8.83. The van der Waals surface area contributed by atoms with E-state index in [1.54, 1.807) is 0 Å². The highest BCUT2D eigenvalue weighted by molar-refractivity contribution is 5.67. The molecular weight excluding hydrogens is 316 g/mol. The molecule has 0 aliphatic carbocycles. The van der Waals surface area contributed by atoms with Gasteiger partial charge in [0.05, 0.1) is 11.6 Å². The molecule has 2 N–H and O–H groups in total. The summed E-state index contributed by atoms with van der Waals surface area (Å²) in [6.45, 7) is 8.84. The fourth-order valence-corrected chi connectivity index (χ4v) is 2.84. The van der Waals surface area contributed by atoms with E-state index in [0.717, 1.165) is 32.5 Å². The van der Waals surface area contributed by atoms with E-state index in [-0.39, 0.29) is 6.09 Å². The summed E-state index contributed by atoms with van der Waals surface area (Å²) in [5, 5.41) is 15.1. The largest absolute Gasteiger partial charge is 0.444 e. The maximum absolute atomic E-state index is 11.6. The number of nitriles is 1. The van der Waals surface area contributed by atoms with Crippen molar-refractivity contribution in [3.63, 3.8) is 0 Å². The lowest BCUT2D eigenvalue weighted by molar-refractivity contribution is 0.0528. The molecule has 2 rings (SSSR count). The Bertz CT molecular complexity index is 593. The number of hydrogen-bond acceptors (Lipinski definition) is 5. The van der Waals surface area contributed by atoms with Crippen LogP contribution in [0.3, 0.4) is 0 Å². The van der Waals surface area contributed by atoms with Gasteiger partial charge in [-0.15, -0.1) is 0 Å². The molecule has 0 spiro atoms. The molecule has 25 heavy (non-hydrogen) atoms. The van der Waals surface area contributed by atoms with Crippen LogP contribution in [-0.2, 0) is 4.74 Å². The number of alkyl carbamates (subject to hydrolysis) is 1. The van der Waals surface area contributed by atoms with Gasteiger partial charge in [-0.1, -0.05) is 0 Å². The first-order valence-electron chi connectivity index (χ1n) is 8.83. The van der Waals surface area contributed by atoms with E-state index in [2.05, 4.69) is 21.6 Å². The summed E-state index contributed by atoms with van der Waals surface area (Å²) >= 11 is 0. The van der Waals surface area contributed by atoms with Crippen molar-refractivity contribution in [2.75, 3.05) is 31.1 Å². The Morgan fingerprint density at radius 3 is 2.44 bits per heavy atom. The lowest BCUT2D eigenvalue weighted by atomic mass is 10.0. The minimum atomic E-state index is -0.463. The molecule has 1 aliphatic rings. The summed E-state index contributed by atoms with van der Waals surface area (Å²) in [4.78, 5) is 13.9. The van der Waals surface area contributed by atoms with Crippen molar-refractivity contribution in [1.29, 1.82) is 5.26 Å². The topological polar surface area (TPSA) is 77.4 Å². The van der Waals surface area contributed by atoms with Gasteiger partial charge in [0.15, 0.2) is 0 Å². The molecule has 0 saturated carbocycles. The molecule has 1 saturated heterocycles. The van der Waals surface area contributed by atoms with Crippen molar-refractivity contribution in [1.82, 2.24) is 10.6 Å². The summed E-state index contributed by atoms with van der Waals surface area (Å²) in [5.41, 5.74) is 1.40. The van der Waals surface area contributed by atoms with Crippen LogP contribution in [0.1, 0.15) is 39.2 Å². The standard InChI is InChI=1S/C19H28N4O2/c1-19(2,3)25-18(24)22-11-10-21-16-8-12-23(13-9-16)17-6-4-15(14-20)5-7-17/h4-7,16,21H,8-13H2,1-3H3,(H,22,24). The third-order valence-electron chi connectivity index (χ3n) is 4.08. The van der Waals surface area contributed by atoms with Gasteiger partial charge in [0, 0.05) is 37.9 Å². The average Bonchev–Trinajstić information content (AvgIpc) is 2.58. The number of carbonyl (C=O) groups excluding carboxylic acids is 1. The number of benzene rings is 1. The van der Waals surface area contributed by atoms with E-state index < -0.39 is 5.60 Å². The molecule has 1 aliphatic heterocycles. The van der Waals surface area contributed by atoms with Gasteiger partial charge < -0.3 is 20.3 Å². The van der Waals surface area contributed by atoms with Crippen molar-refractivity contribution < 1.29 is 9.53 Å². The summed E-state index contributed by atoms with van der Waals surface area (Å²) in [7, 11) is 0. The number of hydrogen-bond donors (Lipinski definition) is 2. The first-order chi connectivity index (χ1) is 11.9. The van der Waals surface area contributed by atoms with Crippen LogP contribution in [0.25, 0.3) is 0 Å². The number of amides is 1. The zero-order valence-electron chi connectivity index (χ0n) is 15.3. The summed E-state index contributed by atoms with van der Waals surface area (Å²) in [6, 6.07) is 10.4. The number of ether oxygens (including phenoxy) is 1. The first kappa shape index (κ1) is 19.1. The molecule has 6 nitrogen and oxygen atoms in total. The van der Waals surface area contributed by atoms with Crippen LogP contribution < -0.4 is 15.5 Å². The van der Waals surface area contributed by atoms with E-state index in [1.165, 1.54) is 5.69 Å². The Labute approximate surface area is 150 Å². The monoisotopic (exact) mass is 344 g/mol. The van der Waals surface area contributed by atoms with Crippen molar-refractivity contribution in [2.45, 2.75) is 45.3 Å². The van der Waals surface area contributed by atoms with Gasteiger partial charge >= 0.3 is 6.09 Å². The third-order valence-corrected chi connectivity index (χ3v) is 4.08. The van der Waals surface area contributed by atoms with Crippen LogP contribution in [0.15, 0.2) is 24.3 Å². The smallest absolute Gasteiger partial charge is 0.407 e. The second kappa shape index (κ2) is 8.72. The summed E-state index contributed by atoms with van der Waals surface area (Å²) in [6.07, 6.45) is 1.75.